The number of rotatable bonds is 6. The van der Waals surface area contributed by atoms with Crippen molar-refractivity contribution in [3.05, 3.63) is 28.2 Å². The summed E-state index contributed by atoms with van der Waals surface area (Å²) >= 11 is 3.45. The third kappa shape index (κ3) is 5.30. The zero-order valence-corrected chi connectivity index (χ0v) is 13.5. The highest BCUT2D eigenvalue weighted by molar-refractivity contribution is 9.10. The first-order valence-electron chi connectivity index (χ1n) is 7.17. The molecule has 6 heteroatoms. The predicted molar refractivity (Wildman–Crippen MR) is 84.4 cm³/mol. The average molecular weight is 357 g/mol. The number of nitrogens with one attached hydrogen (secondary N) is 1. The fraction of sp³-hybridized carbons (Fsp3) is 0.533. The molecule has 0 spiro atoms. The first kappa shape index (κ1) is 16.3. The third-order valence-corrected chi connectivity index (χ3v) is 3.99. The van der Waals surface area contributed by atoms with E-state index in [0.29, 0.717) is 25.5 Å². The van der Waals surface area contributed by atoms with Crippen molar-refractivity contribution in [2.75, 3.05) is 26.4 Å². The lowest BCUT2D eigenvalue weighted by atomic mass is 10.1. The minimum absolute atomic E-state index is 0.0200. The van der Waals surface area contributed by atoms with E-state index >= 15 is 0 Å². The fourth-order valence-electron chi connectivity index (χ4n) is 2.24. The molecule has 0 aliphatic carbocycles. The quantitative estimate of drug-likeness (QED) is 0.812. The maximum atomic E-state index is 11.9. The van der Waals surface area contributed by atoms with E-state index in [1.54, 1.807) is 0 Å². The fourth-order valence-corrected chi connectivity index (χ4v) is 2.78. The van der Waals surface area contributed by atoms with Crippen molar-refractivity contribution in [3.8, 4) is 5.75 Å². The van der Waals surface area contributed by atoms with Crippen LogP contribution in [0.25, 0.3) is 0 Å². The Balaban J connectivity index is 1.80. The van der Waals surface area contributed by atoms with Crippen LogP contribution in [0.3, 0.4) is 0 Å². The monoisotopic (exact) mass is 356 g/mol. The van der Waals surface area contributed by atoms with Crippen molar-refractivity contribution < 1.29 is 14.3 Å². The van der Waals surface area contributed by atoms with Gasteiger partial charge in [-0.15, -0.1) is 0 Å². The molecule has 0 saturated carbocycles. The second-order valence-electron chi connectivity index (χ2n) is 5.05. The van der Waals surface area contributed by atoms with Crippen LogP contribution < -0.4 is 15.8 Å². The molecule has 0 atom stereocenters. The van der Waals surface area contributed by atoms with E-state index in [0.717, 1.165) is 29.3 Å². The number of amides is 1. The Hall–Kier alpha value is -1.11. The Bertz CT molecular complexity index is 476. The first-order chi connectivity index (χ1) is 10.2. The molecule has 1 aromatic rings. The van der Waals surface area contributed by atoms with Gasteiger partial charge in [-0.2, -0.15) is 0 Å². The average Bonchev–Trinajstić information content (AvgIpc) is 2.48. The Labute approximate surface area is 133 Å². The van der Waals surface area contributed by atoms with Gasteiger partial charge in [0.25, 0.3) is 5.91 Å². The third-order valence-electron chi connectivity index (χ3n) is 3.37. The van der Waals surface area contributed by atoms with Gasteiger partial charge in [-0.05, 0) is 59.4 Å². The maximum absolute atomic E-state index is 11.9. The molecule has 1 aliphatic heterocycles. The lowest BCUT2D eigenvalue weighted by molar-refractivity contribution is -0.124. The number of halogens is 1. The van der Waals surface area contributed by atoms with Gasteiger partial charge in [-0.25, -0.2) is 0 Å². The molecule has 5 nitrogen and oxygen atoms in total. The van der Waals surface area contributed by atoms with Gasteiger partial charge in [0.2, 0.25) is 0 Å². The van der Waals surface area contributed by atoms with Crippen molar-refractivity contribution in [2.24, 2.45) is 5.73 Å². The molecule has 3 N–H and O–H groups in total. The zero-order chi connectivity index (χ0) is 15.1. The highest BCUT2D eigenvalue weighted by Crippen LogP contribution is 2.26. The number of nitrogens with two attached hydrogens (primary N) is 1. The van der Waals surface area contributed by atoms with Gasteiger partial charge in [-0.1, -0.05) is 6.07 Å². The van der Waals surface area contributed by atoms with E-state index in [1.165, 1.54) is 0 Å². The molecule has 2 rings (SSSR count). The standard InChI is InChI=1S/C15H21BrN2O3/c16-13-9-11(3-6-17)1-2-14(13)21-10-15(19)18-12-4-7-20-8-5-12/h1-2,9,12H,3-8,10,17H2,(H,18,19). The number of hydrogen-bond donors (Lipinski definition) is 2. The second-order valence-corrected chi connectivity index (χ2v) is 5.90. The van der Waals surface area contributed by atoms with Crippen LogP contribution in [0.5, 0.6) is 5.75 Å². The molecule has 1 heterocycles. The highest BCUT2D eigenvalue weighted by atomic mass is 79.9. The molecule has 1 aliphatic rings. The highest BCUT2D eigenvalue weighted by Gasteiger charge is 2.16. The van der Waals surface area contributed by atoms with Gasteiger partial charge in [0.1, 0.15) is 5.75 Å². The summed E-state index contributed by atoms with van der Waals surface area (Å²) in [5, 5.41) is 2.96. The van der Waals surface area contributed by atoms with E-state index < -0.39 is 0 Å². The predicted octanol–water partition coefficient (Wildman–Crippen LogP) is 1.62. The molecule has 1 fully saturated rings. The summed E-state index contributed by atoms with van der Waals surface area (Å²) in [6.45, 7) is 2.05. The summed E-state index contributed by atoms with van der Waals surface area (Å²) in [4.78, 5) is 11.9. The smallest absolute Gasteiger partial charge is 0.258 e. The van der Waals surface area contributed by atoms with Gasteiger partial charge in [-0.3, -0.25) is 4.79 Å². The lowest BCUT2D eigenvalue weighted by Crippen LogP contribution is -2.41. The van der Waals surface area contributed by atoms with Gasteiger partial charge < -0.3 is 20.5 Å². The normalized spacial score (nSPS) is 15.7. The van der Waals surface area contributed by atoms with Crippen LogP contribution in [0.1, 0.15) is 18.4 Å². The number of benzene rings is 1. The van der Waals surface area contributed by atoms with Crippen molar-refractivity contribution in [3.63, 3.8) is 0 Å². The Morgan fingerprint density at radius 3 is 2.86 bits per heavy atom. The molecule has 0 bridgehead atoms. The molecule has 1 aromatic carbocycles. The van der Waals surface area contributed by atoms with E-state index in [1.807, 2.05) is 18.2 Å². The zero-order valence-electron chi connectivity index (χ0n) is 11.9. The van der Waals surface area contributed by atoms with Gasteiger partial charge in [0.15, 0.2) is 6.61 Å². The molecule has 0 unspecified atom stereocenters. The topological polar surface area (TPSA) is 73.6 Å². The minimum Gasteiger partial charge on any atom is -0.483 e. The molecule has 116 valence electrons. The van der Waals surface area contributed by atoms with Gasteiger partial charge >= 0.3 is 0 Å². The molecule has 21 heavy (non-hydrogen) atoms. The van der Waals surface area contributed by atoms with Crippen LogP contribution in [0.4, 0.5) is 0 Å². The largest absolute Gasteiger partial charge is 0.483 e. The number of ether oxygens (including phenoxy) is 2. The van der Waals surface area contributed by atoms with Crippen LogP contribution in [0.2, 0.25) is 0 Å². The Kier molecular flexibility index (Phi) is 6.48. The van der Waals surface area contributed by atoms with Crippen LogP contribution in [0.15, 0.2) is 22.7 Å². The summed E-state index contributed by atoms with van der Waals surface area (Å²) in [6.07, 6.45) is 2.55. The van der Waals surface area contributed by atoms with Crippen molar-refractivity contribution in [2.45, 2.75) is 25.3 Å². The summed E-state index contributed by atoms with van der Waals surface area (Å²) in [5.74, 6) is 0.567. The van der Waals surface area contributed by atoms with E-state index in [4.69, 9.17) is 15.2 Å². The van der Waals surface area contributed by atoms with Crippen molar-refractivity contribution in [1.82, 2.24) is 5.32 Å². The van der Waals surface area contributed by atoms with Crippen molar-refractivity contribution >= 4 is 21.8 Å². The van der Waals surface area contributed by atoms with Crippen LogP contribution >= 0.6 is 15.9 Å². The van der Waals surface area contributed by atoms with Crippen molar-refractivity contribution in [1.29, 1.82) is 0 Å². The minimum atomic E-state index is -0.0974. The number of carbonyl (C=O) groups excluding carboxylic acids is 1. The molecule has 1 saturated heterocycles. The van der Waals surface area contributed by atoms with Crippen LogP contribution in [0, 0.1) is 0 Å². The number of hydrogen-bond acceptors (Lipinski definition) is 4. The molecular formula is C15H21BrN2O3. The summed E-state index contributed by atoms with van der Waals surface area (Å²) in [6, 6.07) is 5.99. The maximum Gasteiger partial charge on any atom is 0.258 e. The lowest BCUT2D eigenvalue weighted by Gasteiger charge is -2.23. The molecule has 0 radical (unpaired) electrons. The second kappa shape index (κ2) is 8.36. The number of carbonyl (C=O) groups is 1. The van der Waals surface area contributed by atoms with Crippen LogP contribution in [-0.4, -0.2) is 38.3 Å². The van der Waals surface area contributed by atoms with Crippen LogP contribution in [-0.2, 0) is 16.0 Å². The Morgan fingerprint density at radius 2 is 2.19 bits per heavy atom. The summed E-state index contributed by atoms with van der Waals surface area (Å²) < 4.78 is 11.7. The summed E-state index contributed by atoms with van der Waals surface area (Å²) in [5.41, 5.74) is 6.67. The summed E-state index contributed by atoms with van der Waals surface area (Å²) in [7, 11) is 0. The SMILES string of the molecule is NCCc1ccc(OCC(=O)NC2CCOCC2)c(Br)c1. The van der Waals surface area contributed by atoms with E-state index in [2.05, 4.69) is 21.2 Å². The van der Waals surface area contributed by atoms with E-state index in [9.17, 15) is 4.79 Å². The first-order valence-corrected chi connectivity index (χ1v) is 7.96. The molecular weight excluding hydrogens is 336 g/mol. The van der Waals surface area contributed by atoms with E-state index in [-0.39, 0.29) is 18.6 Å². The molecule has 1 amide bonds. The molecule has 0 aromatic heterocycles. The van der Waals surface area contributed by atoms with Gasteiger partial charge in [0.05, 0.1) is 4.47 Å². The Morgan fingerprint density at radius 1 is 1.43 bits per heavy atom. The van der Waals surface area contributed by atoms with Gasteiger partial charge in [0, 0.05) is 19.3 Å².